The summed E-state index contributed by atoms with van der Waals surface area (Å²) in [6.45, 7) is 6.08. The van der Waals surface area contributed by atoms with E-state index in [9.17, 15) is 24.4 Å². The number of nitriles is 1. The molecule has 9 heteroatoms. The summed E-state index contributed by atoms with van der Waals surface area (Å²) in [6.07, 6.45) is 9.25. The molecule has 3 N–H and O–H groups in total. The minimum atomic E-state index is -1.08. The lowest BCUT2D eigenvalue weighted by molar-refractivity contribution is -0.138. The lowest BCUT2D eigenvalue weighted by atomic mass is 9.80. The second-order valence-corrected chi connectivity index (χ2v) is 16.2. The number of likely N-dealkylation sites (tertiary alicyclic amines) is 1. The number of nitrogens with zero attached hydrogens (tertiary/aromatic N) is 2. The van der Waals surface area contributed by atoms with Crippen molar-refractivity contribution in [2.24, 2.45) is 17.3 Å². The predicted octanol–water partition coefficient (Wildman–Crippen LogP) is 5.57. The van der Waals surface area contributed by atoms with Crippen molar-refractivity contribution in [2.45, 2.75) is 114 Å². The fourth-order valence-corrected chi connectivity index (χ4v) is 8.72. The summed E-state index contributed by atoms with van der Waals surface area (Å²) in [6, 6.07) is 15.8. The van der Waals surface area contributed by atoms with Gasteiger partial charge in [0, 0.05) is 24.2 Å². The number of carbonyl (C=O) groups is 4. The highest BCUT2D eigenvalue weighted by atomic mass is 16.2. The van der Waals surface area contributed by atoms with Gasteiger partial charge in [-0.15, -0.1) is 0 Å². The zero-order valence-corrected chi connectivity index (χ0v) is 28.3. The van der Waals surface area contributed by atoms with E-state index in [4.69, 9.17) is 0 Å². The average molecular weight is 650 g/mol. The Morgan fingerprint density at radius 1 is 1.00 bits per heavy atom. The lowest BCUT2D eigenvalue weighted by Crippen LogP contribution is -2.58. The Balaban J connectivity index is 1.11. The van der Waals surface area contributed by atoms with E-state index in [1.54, 1.807) is 0 Å². The van der Waals surface area contributed by atoms with Crippen LogP contribution in [-0.2, 0) is 19.8 Å². The van der Waals surface area contributed by atoms with Gasteiger partial charge in [-0.05, 0) is 91.0 Å². The van der Waals surface area contributed by atoms with Gasteiger partial charge in [0.25, 0.3) is 5.91 Å². The number of rotatable bonds is 8. The third-order valence-corrected chi connectivity index (χ3v) is 11.5. The van der Waals surface area contributed by atoms with E-state index in [1.165, 1.54) is 42.6 Å². The SMILES string of the molecule is CC(C)(C)C[C@H](NC(=O)C1(NC(=O)c2ccc(C3CCCCC3)cc2)CC1C1CC1)C(=O)N1C[C@]2(C[C@H]1C#N)C(=O)Nc1ccccc12. The maximum Gasteiger partial charge on any atom is 0.252 e. The van der Waals surface area contributed by atoms with Crippen LogP contribution in [-0.4, -0.2) is 52.7 Å². The summed E-state index contributed by atoms with van der Waals surface area (Å²) in [5, 5.41) is 19.3. The molecule has 1 saturated heterocycles. The van der Waals surface area contributed by atoms with Crippen molar-refractivity contribution in [3.63, 3.8) is 0 Å². The summed E-state index contributed by atoms with van der Waals surface area (Å²) in [4.78, 5) is 57.2. The third kappa shape index (κ3) is 5.88. The second kappa shape index (κ2) is 12.0. The van der Waals surface area contributed by atoms with Gasteiger partial charge >= 0.3 is 0 Å². The molecule has 4 fully saturated rings. The Labute approximate surface area is 283 Å². The highest BCUT2D eigenvalue weighted by Crippen LogP contribution is 2.57. The molecule has 0 bridgehead atoms. The van der Waals surface area contributed by atoms with Crippen LogP contribution < -0.4 is 16.0 Å². The number of para-hydroxylation sites is 1. The standard InChI is InChI=1S/C39H47N5O4/c1-37(2,3)21-32(34(46)44-23-38(19-28(44)22-40)29-11-7-8-12-31(29)41-35(38)47)42-36(48)39(20-30(39)26-15-16-26)43-33(45)27-17-13-25(14-18-27)24-9-5-4-6-10-24/h7-8,11-14,17-18,24,26,28,30,32H,4-6,9-10,15-16,19-21,23H2,1-3H3,(H,41,47)(H,42,48)(H,43,45)/t28-,30?,32-,38-,39?/m0/s1. The Morgan fingerprint density at radius 2 is 1.71 bits per heavy atom. The molecule has 2 unspecified atom stereocenters. The van der Waals surface area contributed by atoms with Gasteiger partial charge in [-0.25, -0.2) is 0 Å². The van der Waals surface area contributed by atoms with Crippen molar-refractivity contribution in [1.29, 1.82) is 5.26 Å². The van der Waals surface area contributed by atoms with E-state index in [2.05, 4.69) is 34.2 Å². The smallest absolute Gasteiger partial charge is 0.252 e. The molecule has 5 aliphatic rings. The van der Waals surface area contributed by atoms with E-state index in [-0.39, 0.29) is 47.9 Å². The van der Waals surface area contributed by atoms with Crippen LogP contribution in [0, 0.1) is 28.6 Å². The van der Waals surface area contributed by atoms with Gasteiger partial charge in [0.1, 0.15) is 17.6 Å². The number of fused-ring (bicyclic) bond motifs is 2. The molecular formula is C39H47N5O4. The number of hydrogen-bond acceptors (Lipinski definition) is 5. The monoisotopic (exact) mass is 649 g/mol. The summed E-state index contributed by atoms with van der Waals surface area (Å²) >= 11 is 0. The maximum atomic E-state index is 14.4. The Bertz CT molecular complexity index is 1660. The molecule has 2 aromatic carbocycles. The van der Waals surface area contributed by atoms with E-state index in [1.807, 2.05) is 57.2 Å². The molecule has 2 heterocycles. The van der Waals surface area contributed by atoms with Crippen LogP contribution >= 0.6 is 0 Å². The van der Waals surface area contributed by atoms with Crippen molar-refractivity contribution in [1.82, 2.24) is 15.5 Å². The van der Waals surface area contributed by atoms with Gasteiger partial charge in [0.05, 0.1) is 11.5 Å². The highest BCUT2D eigenvalue weighted by Gasteiger charge is 2.66. The Morgan fingerprint density at radius 3 is 2.38 bits per heavy atom. The van der Waals surface area contributed by atoms with Crippen LogP contribution in [0.15, 0.2) is 48.5 Å². The molecule has 3 saturated carbocycles. The van der Waals surface area contributed by atoms with Gasteiger partial charge in [-0.1, -0.05) is 70.4 Å². The number of carbonyl (C=O) groups excluding carboxylic acids is 4. The minimum absolute atomic E-state index is 0.0222. The van der Waals surface area contributed by atoms with Crippen molar-refractivity contribution in [3.8, 4) is 6.07 Å². The van der Waals surface area contributed by atoms with Crippen LogP contribution in [0.4, 0.5) is 5.69 Å². The van der Waals surface area contributed by atoms with Crippen LogP contribution in [0.3, 0.4) is 0 Å². The summed E-state index contributed by atoms with van der Waals surface area (Å²) < 4.78 is 0. The molecule has 7 rings (SSSR count). The van der Waals surface area contributed by atoms with Gasteiger partial charge in [-0.2, -0.15) is 5.26 Å². The molecular weight excluding hydrogens is 602 g/mol. The third-order valence-electron chi connectivity index (χ3n) is 11.5. The number of anilines is 1. The average Bonchev–Trinajstić information content (AvgIpc) is 3.99. The van der Waals surface area contributed by atoms with Gasteiger partial charge in [-0.3, -0.25) is 19.2 Å². The molecule has 0 aromatic heterocycles. The Hall–Kier alpha value is -4.19. The molecule has 0 radical (unpaired) electrons. The van der Waals surface area contributed by atoms with Crippen LogP contribution in [0.5, 0.6) is 0 Å². The van der Waals surface area contributed by atoms with Crippen molar-refractivity contribution < 1.29 is 19.2 Å². The fraction of sp³-hybridized carbons (Fsp3) is 0.564. The number of hydrogen-bond donors (Lipinski definition) is 3. The first-order chi connectivity index (χ1) is 22.9. The Kier molecular flexibility index (Phi) is 8.12. The van der Waals surface area contributed by atoms with Gasteiger partial charge < -0.3 is 20.9 Å². The molecule has 5 atom stereocenters. The van der Waals surface area contributed by atoms with Crippen molar-refractivity contribution in [2.75, 3.05) is 11.9 Å². The molecule has 4 amide bonds. The van der Waals surface area contributed by atoms with E-state index < -0.39 is 23.0 Å². The van der Waals surface area contributed by atoms with Gasteiger partial charge in [0.2, 0.25) is 17.7 Å². The first kappa shape index (κ1) is 32.4. The zero-order chi connectivity index (χ0) is 33.8. The molecule has 252 valence electrons. The van der Waals surface area contributed by atoms with Crippen molar-refractivity contribution >= 4 is 29.3 Å². The summed E-state index contributed by atoms with van der Waals surface area (Å²) in [5.41, 5.74) is 0.859. The molecule has 48 heavy (non-hydrogen) atoms. The van der Waals surface area contributed by atoms with Crippen LogP contribution in [0.2, 0.25) is 0 Å². The first-order valence-corrected chi connectivity index (χ1v) is 17.8. The van der Waals surface area contributed by atoms with Gasteiger partial charge in [0.15, 0.2) is 0 Å². The lowest BCUT2D eigenvalue weighted by Gasteiger charge is -2.32. The largest absolute Gasteiger partial charge is 0.342 e. The molecule has 2 aliphatic heterocycles. The maximum absolute atomic E-state index is 14.4. The molecule has 2 aromatic rings. The zero-order valence-electron chi connectivity index (χ0n) is 28.3. The van der Waals surface area contributed by atoms with Crippen LogP contribution in [0.25, 0.3) is 0 Å². The van der Waals surface area contributed by atoms with E-state index >= 15 is 0 Å². The normalized spacial score (nSPS) is 28.7. The number of benzene rings is 2. The first-order valence-electron chi connectivity index (χ1n) is 17.8. The quantitative estimate of drug-likeness (QED) is 0.344. The van der Waals surface area contributed by atoms with E-state index in [0.29, 0.717) is 35.9 Å². The molecule has 1 spiro atoms. The molecule has 9 nitrogen and oxygen atoms in total. The summed E-state index contributed by atoms with van der Waals surface area (Å²) in [7, 11) is 0. The summed E-state index contributed by atoms with van der Waals surface area (Å²) in [5.74, 6) is -0.272. The number of amides is 4. The number of nitrogens with one attached hydrogen (secondary N) is 3. The highest BCUT2D eigenvalue weighted by molar-refractivity contribution is 6.07. The topological polar surface area (TPSA) is 131 Å². The predicted molar refractivity (Wildman–Crippen MR) is 182 cm³/mol. The fourth-order valence-electron chi connectivity index (χ4n) is 8.72. The van der Waals surface area contributed by atoms with Crippen LogP contribution in [0.1, 0.15) is 112 Å². The second-order valence-electron chi connectivity index (χ2n) is 16.2. The van der Waals surface area contributed by atoms with Crippen molar-refractivity contribution in [3.05, 3.63) is 65.2 Å². The molecule has 3 aliphatic carbocycles. The minimum Gasteiger partial charge on any atom is -0.342 e. The van der Waals surface area contributed by atoms with E-state index in [0.717, 1.165) is 18.4 Å².